The van der Waals surface area contributed by atoms with Gasteiger partial charge in [0.25, 0.3) is 0 Å². The molecule has 0 fully saturated rings. The van der Waals surface area contributed by atoms with Crippen molar-refractivity contribution < 1.29 is 14.3 Å². The molecular weight excluding hydrogens is 330 g/mol. The van der Waals surface area contributed by atoms with Crippen LogP contribution in [0, 0.1) is 0 Å². The number of benzene rings is 2. The van der Waals surface area contributed by atoms with Crippen molar-refractivity contribution in [3.05, 3.63) is 60.2 Å². The van der Waals surface area contributed by atoms with Crippen molar-refractivity contribution in [1.29, 1.82) is 0 Å². The summed E-state index contributed by atoms with van der Waals surface area (Å²) >= 11 is 0. The molecule has 0 saturated carbocycles. The fraction of sp³-hybridized carbons (Fsp3) is 0.250. The molecule has 0 bridgehead atoms. The minimum atomic E-state index is -0.313. The Morgan fingerprint density at radius 3 is 2.38 bits per heavy atom. The topological polar surface area (TPSA) is 79.8 Å². The van der Waals surface area contributed by atoms with Gasteiger partial charge in [0.2, 0.25) is 11.8 Å². The number of amides is 2. The second kappa shape index (κ2) is 10.7. The zero-order valence-electron chi connectivity index (χ0n) is 14.8. The van der Waals surface area contributed by atoms with Crippen molar-refractivity contribution in [1.82, 2.24) is 5.43 Å². The zero-order valence-corrected chi connectivity index (χ0v) is 14.8. The lowest BCUT2D eigenvalue weighted by Gasteiger charge is -2.04. The van der Waals surface area contributed by atoms with E-state index in [1.165, 1.54) is 0 Å². The number of hydrazone groups is 1. The van der Waals surface area contributed by atoms with Crippen LogP contribution in [0.2, 0.25) is 0 Å². The van der Waals surface area contributed by atoms with Gasteiger partial charge in [-0.15, -0.1) is 0 Å². The first-order valence-corrected chi connectivity index (χ1v) is 8.57. The molecular formula is C20H23N3O3. The van der Waals surface area contributed by atoms with Crippen LogP contribution in [0.1, 0.15) is 31.7 Å². The number of nitrogens with zero attached hydrogens (tertiary/aromatic N) is 1. The molecule has 0 saturated heterocycles. The Hall–Kier alpha value is -3.15. The van der Waals surface area contributed by atoms with Crippen LogP contribution >= 0.6 is 0 Å². The molecule has 2 aromatic carbocycles. The Kier molecular flexibility index (Phi) is 7.86. The van der Waals surface area contributed by atoms with Crippen LogP contribution < -0.4 is 15.5 Å². The number of rotatable bonds is 9. The summed E-state index contributed by atoms with van der Waals surface area (Å²) in [5.41, 5.74) is 3.97. The Morgan fingerprint density at radius 1 is 1.00 bits per heavy atom. The molecule has 136 valence electrons. The van der Waals surface area contributed by atoms with Crippen molar-refractivity contribution in [3.63, 3.8) is 0 Å². The minimum absolute atomic E-state index is 0.0692. The molecule has 2 aromatic rings. The SMILES string of the molecule is CCCOc1ccc(C=NNC(=O)CCC(=O)Nc2ccccc2)cc1. The van der Waals surface area contributed by atoms with Gasteiger partial charge in [0.05, 0.1) is 12.8 Å². The highest BCUT2D eigenvalue weighted by molar-refractivity contribution is 5.93. The van der Waals surface area contributed by atoms with E-state index < -0.39 is 0 Å². The van der Waals surface area contributed by atoms with Gasteiger partial charge in [-0.25, -0.2) is 5.43 Å². The molecule has 2 N–H and O–H groups in total. The maximum atomic E-state index is 11.8. The number of hydrogen-bond acceptors (Lipinski definition) is 4. The lowest BCUT2D eigenvalue weighted by molar-refractivity contribution is -0.124. The highest BCUT2D eigenvalue weighted by Gasteiger charge is 2.06. The van der Waals surface area contributed by atoms with E-state index in [1.807, 2.05) is 42.5 Å². The minimum Gasteiger partial charge on any atom is -0.494 e. The Bertz CT molecular complexity index is 728. The molecule has 0 radical (unpaired) electrons. The van der Waals surface area contributed by atoms with Gasteiger partial charge in [-0.1, -0.05) is 25.1 Å². The molecule has 2 amide bonds. The number of ether oxygens (including phenoxy) is 1. The van der Waals surface area contributed by atoms with Crippen LogP contribution in [-0.2, 0) is 9.59 Å². The molecule has 0 heterocycles. The first-order chi connectivity index (χ1) is 12.7. The summed E-state index contributed by atoms with van der Waals surface area (Å²) < 4.78 is 5.50. The predicted octanol–water partition coefficient (Wildman–Crippen LogP) is 3.34. The van der Waals surface area contributed by atoms with Crippen LogP contribution in [0.3, 0.4) is 0 Å². The molecule has 0 aliphatic carbocycles. The smallest absolute Gasteiger partial charge is 0.240 e. The summed E-state index contributed by atoms with van der Waals surface area (Å²) in [6.07, 6.45) is 2.67. The van der Waals surface area contributed by atoms with Crippen LogP contribution in [0.15, 0.2) is 59.7 Å². The highest BCUT2D eigenvalue weighted by atomic mass is 16.5. The largest absolute Gasteiger partial charge is 0.494 e. The molecule has 2 rings (SSSR count). The first kappa shape index (κ1) is 19.2. The van der Waals surface area contributed by atoms with Gasteiger partial charge in [-0.05, 0) is 48.4 Å². The van der Waals surface area contributed by atoms with Gasteiger partial charge in [0.15, 0.2) is 0 Å². The van der Waals surface area contributed by atoms with Gasteiger partial charge in [-0.2, -0.15) is 5.10 Å². The van der Waals surface area contributed by atoms with Gasteiger partial charge in [-0.3, -0.25) is 9.59 Å². The third-order valence-corrected chi connectivity index (χ3v) is 3.39. The normalized spacial score (nSPS) is 10.5. The van der Waals surface area contributed by atoms with E-state index in [0.717, 1.165) is 17.7 Å². The average Bonchev–Trinajstić information content (AvgIpc) is 2.66. The second-order valence-electron chi connectivity index (χ2n) is 5.62. The van der Waals surface area contributed by atoms with Gasteiger partial charge >= 0.3 is 0 Å². The standard InChI is InChI=1S/C20H23N3O3/c1-2-14-26-18-10-8-16(9-11-18)15-21-23-20(25)13-12-19(24)22-17-6-4-3-5-7-17/h3-11,15H,2,12-14H2,1H3,(H,22,24)(H,23,25). The van der Waals surface area contributed by atoms with E-state index in [1.54, 1.807) is 18.3 Å². The number of hydrogen-bond donors (Lipinski definition) is 2. The molecule has 0 aliphatic rings. The predicted molar refractivity (Wildman–Crippen MR) is 102 cm³/mol. The summed E-state index contributed by atoms with van der Waals surface area (Å²) in [7, 11) is 0. The molecule has 6 nitrogen and oxygen atoms in total. The lowest BCUT2D eigenvalue weighted by Crippen LogP contribution is -2.20. The number of para-hydroxylation sites is 1. The number of carbonyl (C=O) groups is 2. The van der Waals surface area contributed by atoms with Gasteiger partial charge in [0.1, 0.15) is 5.75 Å². The fourth-order valence-electron chi connectivity index (χ4n) is 2.08. The second-order valence-corrected chi connectivity index (χ2v) is 5.62. The number of carbonyl (C=O) groups excluding carboxylic acids is 2. The fourth-order valence-corrected chi connectivity index (χ4v) is 2.08. The molecule has 0 unspecified atom stereocenters. The van der Waals surface area contributed by atoms with Crippen molar-refractivity contribution in [2.75, 3.05) is 11.9 Å². The van der Waals surface area contributed by atoms with Crippen molar-refractivity contribution >= 4 is 23.7 Å². The number of anilines is 1. The summed E-state index contributed by atoms with van der Waals surface area (Å²) in [5, 5.41) is 6.63. The highest BCUT2D eigenvalue weighted by Crippen LogP contribution is 2.11. The summed E-state index contributed by atoms with van der Waals surface area (Å²) in [6.45, 7) is 2.73. The van der Waals surface area contributed by atoms with E-state index in [9.17, 15) is 9.59 Å². The van der Waals surface area contributed by atoms with Gasteiger partial charge in [0, 0.05) is 18.5 Å². The zero-order chi connectivity index (χ0) is 18.6. The third-order valence-electron chi connectivity index (χ3n) is 3.39. The maximum Gasteiger partial charge on any atom is 0.240 e. The van der Waals surface area contributed by atoms with Crippen molar-refractivity contribution in [2.24, 2.45) is 5.10 Å². The van der Waals surface area contributed by atoms with Crippen molar-refractivity contribution in [2.45, 2.75) is 26.2 Å². The van der Waals surface area contributed by atoms with Crippen LogP contribution in [0.5, 0.6) is 5.75 Å². The van der Waals surface area contributed by atoms with E-state index in [4.69, 9.17) is 4.74 Å². The van der Waals surface area contributed by atoms with Gasteiger partial charge < -0.3 is 10.1 Å². The average molecular weight is 353 g/mol. The molecule has 6 heteroatoms. The van der Waals surface area contributed by atoms with Crippen LogP contribution in [0.25, 0.3) is 0 Å². The van der Waals surface area contributed by atoms with E-state index in [2.05, 4.69) is 22.8 Å². The molecule has 26 heavy (non-hydrogen) atoms. The quantitative estimate of drug-likeness (QED) is 0.536. The number of nitrogens with one attached hydrogen (secondary N) is 2. The Morgan fingerprint density at radius 2 is 1.69 bits per heavy atom. The molecule has 0 aromatic heterocycles. The molecule has 0 atom stereocenters. The monoisotopic (exact) mass is 353 g/mol. The van der Waals surface area contributed by atoms with Crippen LogP contribution in [-0.4, -0.2) is 24.6 Å². The van der Waals surface area contributed by atoms with Crippen molar-refractivity contribution in [3.8, 4) is 5.75 Å². The summed E-state index contributed by atoms with van der Waals surface area (Å²) in [4.78, 5) is 23.5. The Labute approximate surface area is 153 Å². The molecule has 0 aliphatic heterocycles. The maximum absolute atomic E-state index is 11.8. The van der Waals surface area contributed by atoms with E-state index >= 15 is 0 Å². The first-order valence-electron chi connectivity index (χ1n) is 8.57. The lowest BCUT2D eigenvalue weighted by atomic mass is 10.2. The summed E-state index contributed by atoms with van der Waals surface area (Å²) in [6, 6.07) is 16.5. The van der Waals surface area contributed by atoms with Crippen LogP contribution in [0.4, 0.5) is 5.69 Å². The Balaban J connectivity index is 1.69. The molecule has 0 spiro atoms. The third kappa shape index (κ3) is 7.17. The van der Waals surface area contributed by atoms with E-state index in [-0.39, 0.29) is 24.7 Å². The summed E-state index contributed by atoms with van der Waals surface area (Å²) in [5.74, 6) is 0.280. The van der Waals surface area contributed by atoms with E-state index in [0.29, 0.717) is 12.3 Å².